The smallest absolute Gasteiger partial charge is 0.321 e. The van der Waals surface area contributed by atoms with Crippen LogP contribution < -0.4 is 10.6 Å². The van der Waals surface area contributed by atoms with Crippen molar-refractivity contribution in [3.05, 3.63) is 47.9 Å². The molecule has 1 fully saturated rings. The third-order valence-electron chi connectivity index (χ3n) is 4.47. The van der Waals surface area contributed by atoms with E-state index in [-0.39, 0.29) is 18.1 Å². The molecule has 3 heterocycles. The Morgan fingerprint density at radius 3 is 2.84 bits per heavy atom. The molecule has 3 aromatic rings. The van der Waals surface area contributed by atoms with Crippen LogP contribution in [0.4, 0.5) is 10.6 Å². The molecule has 0 bridgehead atoms. The van der Waals surface area contributed by atoms with E-state index in [4.69, 9.17) is 9.15 Å². The lowest BCUT2D eigenvalue weighted by Gasteiger charge is -2.25. The van der Waals surface area contributed by atoms with Gasteiger partial charge in [0.1, 0.15) is 11.3 Å². The Balaban J connectivity index is 1.42. The van der Waals surface area contributed by atoms with Crippen LogP contribution in [0, 0.1) is 6.92 Å². The van der Waals surface area contributed by atoms with Crippen molar-refractivity contribution in [3.8, 4) is 0 Å². The van der Waals surface area contributed by atoms with E-state index in [1.807, 2.05) is 49.0 Å². The summed E-state index contributed by atoms with van der Waals surface area (Å²) < 4.78 is 12.9. The number of ether oxygens (including phenoxy) is 1. The molecule has 2 amide bonds. The Morgan fingerprint density at radius 1 is 1.32 bits per heavy atom. The third-order valence-corrected chi connectivity index (χ3v) is 4.47. The molecule has 0 unspecified atom stereocenters. The van der Waals surface area contributed by atoms with E-state index in [0.717, 1.165) is 22.3 Å². The minimum atomic E-state index is -0.317. The van der Waals surface area contributed by atoms with E-state index in [2.05, 4.69) is 15.7 Å². The number of hydrogen-bond acceptors (Lipinski definition) is 4. The van der Waals surface area contributed by atoms with Gasteiger partial charge in [-0.1, -0.05) is 18.2 Å². The number of amides is 2. The molecule has 1 aromatic carbocycles. The van der Waals surface area contributed by atoms with Crippen molar-refractivity contribution in [3.63, 3.8) is 0 Å². The second kappa shape index (κ2) is 6.25. The number of aromatic nitrogens is 2. The van der Waals surface area contributed by atoms with Gasteiger partial charge in [0, 0.05) is 23.2 Å². The summed E-state index contributed by atoms with van der Waals surface area (Å²) in [6.45, 7) is 5.22. The van der Waals surface area contributed by atoms with Crippen LogP contribution in [0.1, 0.15) is 30.3 Å². The van der Waals surface area contributed by atoms with Gasteiger partial charge in [-0.05, 0) is 19.9 Å². The molecule has 4 rings (SSSR count). The minimum absolute atomic E-state index is 0.255. The number of carbonyl (C=O) groups excluding carboxylic acids is 1. The topological polar surface area (TPSA) is 81.3 Å². The van der Waals surface area contributed by atoms with Gasteiger partial charge in [-0.15, -0.1) is 0 Å². The van der Waals surface area contributed by atoms with E-state index in [9.17, 15) is 4.79 Å². The number of para-hydroxylation sites is 1. The molecular formula is C18H20N4O3. The van der Waals surface area contributed by atoms with Crippen LogP contribution in [0.3, 0.4) is 0 Å². The predicted molar refractivity (Wildman–Crippen MR) is 93.6 cm³/mol. The number of urea groups is 1. The summed E-state index contributed by atoms with van der Waals surface area (Å²) in [5, 5.41) is 11.1. The van der Waals surface area contributed by atoms with Gasteiger partial charge in [0.05, 0.1) is 25.3 Å². The average Bonchev–Trinajstić information content (AvgIpc) is 3.11. The molecule has 1 atom stereocenters. The quantitative estimate of drug-likeness (QED) is 0.763. The Morgan fingerprint density at radius 2 is 2.12 bits per heavy atom. The second-order valence-corrected chi connectivity index (χ2v) is 6.28. The first kappa shape index (κ1) is 15.7. The van der Waals surface area contributed by atoms with Crippen LogP contribution in [0.2, 0.25) is 0 Å². The number of hydrogen-bond donors (Lipinski definition) is 2. The number of furan rings is 1. The van der Waals surface area contributed by atoms with Gasteiger partial charge in [-0.25, -0.2) is 4.79 Å². The number of nitrogens with one attached hydrogen (secondary N) is 2. The zero-order valence-electron chi connectivity index (χ0n) is 14.2. The largest absolute Gasteiger partial charge is 0.459 e. The highest BCUT2D eigenvalue weighted by Gasteiger charge is 2.22. The molecular weight excluding hydrogens is 320 g/mol. The number of benzene rings is 1. The summed E-state index contributed by atoms with van der Waals surface area (Å²) in [5.41, 5.74) is 1.86. The maximum absolute atomic E-state index is 12.2. The number of anilines is 1. The molecule has 7 nitrogen and oxygen atoms in total. The van der Waals surface area contributed by atoms with Crippen molar-refractivity contribution in [1.29, 1.82) is 0 Å². The fraction of sp³-hybridized carbons (Fsp3) is 0.333. The van der Waals surface area contributed by atoms with E-state index in [1.54, 1.807) is 6.07 Å². The molecule has 0 spiro atoms. The van der Waals surface area contributed by atoms with E-state index < -0.39 is 0 Å². The highest BCUT2D eigenvalue weighted by Crippen LogP contribution is 2.29. The molecule has 1 saturated heterocycles. The standard InChI is InChI=1S/C18H20N4O3/c1-11-14-5-3-4-6-15(14)25-17(11)12(2)19-18(23)20-16-7-8-22(21-16)13-9-24-10-13/h3-8,12-13H,9-10H2,1-2H3,(H2,19,20,21,23)/t12-/m0/s1. The number of nitrogens with zero attached hydrogens (tertiary/aromatic N) is 2. The number of carbonyl (C=O) groups is 1. The molecule has 0 saturated carbocycles. The maximum Gasteiger partial charge on any atom is 0.321 e. The normalized spacial score (nSPS) is 15.8. The lowest BCUT2D eigenvalue weighted by atomic mass is 10.1. The van der Waals surface area contributed by atoms with E-state index in [0.29, 0.717) is 19.0 Å². The van der Waals surface area contributed by atoms with Crippen molar-refractivity contribution >= 4 is 22.8 Å². The molecule has 0 radical (unpaired) electrons. The molecule has 1 aliphatic rings. The van der Waals surface area contributed by atoms with Crippen LogP contribution >= 0.6 is 0 Å². The zero-order valence-corrected chi connectivity index (χ0v) is 14.2. The third kappa shape index (κ3) is 2.98. The molecule has 2 N–H and O–H groups in total. The SMILES string of the molecule is Cc1c([C@H](C)NC(=O)Nc2ccn(C3COC3)n2)oc2ccccc12. The summed E-state index contributed by atoms with van der Waals surface area (Å²) in [6.07, 6.45) is 1.84. The second-order valence-electron chi connectivity index (χ2n) is 6.28. The highest BCUT2D eigenvalue weighted by molar-refractivity contribution is 5.88. The Bertz CT molecular complexity index is 910. The van der Waals surface area contributed by atoms with Crippen molar-refractivity contribution in [2.75, 3.05) is 18.5 Å². The van der Waals surface area contributed by atoms with Crippen molar-refractivity contribution < 1.29 is 13.9 Å². The fourth-order valence-corrected chi connectivity index (χ4v) is 3.00. The summed E-state index contributed by atoms with van der Waals surface area (Å²) in [6, 6.07) is 9.31. The van der Waals surface area contributed by atoms with Gasteiger partial charge in [-0.2, -0.15) is 5.10 Å². The van der Waals surface area contributed by atoms with Crippen molar-refractivity contribution in [1.82, 2.24) is 15.1 Å². The lowest BCUT2D eigenvalue weighted by molar-refractivity contribution is -0.0285. The Labute approximate surface area is 144 Å². The number of rotatable bonds is 4. The van der Waals surface area contributed by atoms with E-state index >= 15 is 0 Å². The molecule has 130 valence electrons. The van der Waals surface area contributed by atoms with Crippen molar-refractivity contribution in [2.24, 2.45) is 0 Å². The van der Waals surface area contributed by atoms with E-state index in [1.165, 1.54) is 0 Å². The Kier molecular flexibility index (Phi) is 3.93. The first-order chi connectivity index (χ1) is 12.1. The number of aryl methyl sites for hydroxylation is 1. The van der Waals surface area contributed by atoms with Crippen LogP contribution in [-0.2, 0) is 4.74 Å². The summed E-state index contributed by atoms with van der Waals surface area (Å²) in [5.74, 6) is 1.27. The highest BCUT2D eigenvalue weighted by atomic mass is 16.5. The van der Waals surface area contributed by atoms with Gasteiger partial charge in [0.15, 0.2) is 5.82 Å². The molecule has 25 heavy (non-hydrogen) atoms. The van der Waals surface area contributed by atoms with Gasteiger partial charge in [0.2, 0.25) is 0 Å². The minimum Gasteiger partial charge on any atom is -0.459 e. The van der Waals surface area contributed by atoms with Gasteiger partial charge in [-0.3, -0.25) is 10.00 Å². The van der Waals surface area contributed by atoms with Crippen LogP contribution in [0.5, 0.6) is 0 Å². The average molecular weight is 340 g/mol. The van der Waals surface area contributed by atoms with Crippen molar-refractivity contribution in [2.45, 2.75) is 25.9 Å². The van der Waals surface area contributed by atoms with Gasteiger partial charge >= 0.3 is 6.03 Å². The summed E-state index contributed by atoms with van der Waals surface area (Å²) in [4.78, 5) is 12.2. The first-order valence-electron chi connectivity index (χ1n) is 8.30. The van der Waals surface area contributed by atoms with Crippen LogP contribution in [-0.4, -0.2) is 29.0 Å². The van der Waals surface area contributed by atoms with Gasteiger partial charge < -0.3 is 14.5 Å². The molecule has 1 aliphatic heterocycles. The zero-order chi connectivity index (χ0) is 17.4. The van der Waals surface area contributed by atoms with Gasteiger partial charge in [0.25, 0.3) is 0 Å². The van der Waals surface area contributed by atoms with Crippen LogP contribution in [0.25, 0.3) is 11.0 Å². The van der Waals surface area contributed by atoms with Crippen LogP contribution in [0.15, 0.2) is 40.9 Å². The monoisotopic (exact) mass is 340 g/mol. The first-order valence-corrected chi connectivity index (χ1v) is 8.30. The molecule has 7 heteroatoms. The lowest BCUT2D eigenvalue weighted by Crippen LogP contribution is -2.32. The Hall–Kier alpha value is -2.80. The fourth-order valence-electron chi connectivity index (χ4n) is 3.00. The summed E-state index contributed by atoms with van der Waals surface area (Å²) in [7, 11) is 0. The molecule has 0 aliphatic carbocycles. The maximum atomic E-state index is 12.2. The summed E-state index contributed by atoms with van der Waals surface area (Å²) >= 11 is 0. The molecule has 2 aromatic heterocycles. The predicted octanol–water partition coefficient (Wildman–Crippen LogP) is 3.39. The number of fused-ring (bicyclic) bond motifs is 1.